The monoisotopic (exact) mass is 474 g/mol. The van der Waals surface area contributed by atoms with E-state index in [2.05, 4.69) is 21.2 Å². The molecule has 29 heavy (non-hydrogen) atoms. The molecule has 1 heterocycles. The Labute approximate surface area is 182 Å². The number of rotatable bonds is 5. The number of carbonyl (C=O) groups is 2. The maximum atomic E-state index is 13.1. The van der Waals surface area contributed by atoms with Crippen LogP contribution in [0.4, 0.5) is 5.69 Å². The Bertz CT molecular complexity index is 1020. The molecule has 2 aromatic rings. The van der Waals surface area contributed by atoms with Crippen molar-refractivity contribution in [1.82, 2.24) is 5.32 Å². The lowest BCUT2D eigenvalue weighted by Gasteiger charge is -2.29. The fourth-order valence-electron chi connectivity index (χ4n) is 2.87. The summed E-state index contributed by atoms with van der Waals surface area (Å²) in [7, 11) is 0. The molecule has 1 saturated heterocycles. The molecule has 0 unspecified atom stereocenters. The fraction of sp³-hybridized carbons (Fsp3) is 0.190. The smallest absolute Gasteiger partial charge is 0.270 e. The molecule has 1 aliphatic heterocycles. The minimum Gasteiger partial charge on any atom is -0.504 e. The van der Waals surface area contributed by atoms with Gasteiger partial charge < -0.3 is 9.84 Å². The number of phenolic OH excluding ortho intramolecular Hbond substituents is 1. The summed E-state index contributed by atoms with van der Waals surface area (Å²) in [5.74, 6) is -0.895. The number of hydrogen-bond acceptors (Lipinski definition) is 5. The lowest BCUT2D eigenvalue weighted by molar-refractivity contribution is -0.122. The number of halogens is 1. The van der Waals surface area contributed by atoms with Crippen molar-refractivity contribution in [2.45, 2.75) is 20.3 Å². The van der Waals surface area contributed by atoms with Gasteiger partial charge in [-0.05, 0) is 67.0 Å². The van der Waals surface area contributed by atoms with Crippen molar-refractivity contribution >= 4 is 56.8 Å². The van der Waals surface area contributed by atoms with Crippen LogP contribution in [0.1, 0.15) is 25.0 Å². The summed E-state index contributed by atoms with van der Waals surface area (Å²) in [4.78, 5) is 26.9. The molecule has 2 N–H and O–H groups in total. The van der Waals surface area contributed by atoms with Crippen molar-refractivity contribution in [3.05, 3.63) is 57.6 Å². The van der Waals surface area contributed by atoms with Crippen molar-refractivity contribution in [3.8, 4) is 11.5 Å². The number of hydrogen-bond donors (Lipinski definition) is 2. The molecular weight excluding hydrogens is 456 g/mol. The molecule has 2 amide bonds. The van der Waals surface area contributed by atoms with Crippen molar-refractivity contribution < 1.29 is 19.4 Å². The molecule has 150 valence electrons. The molecule has 0 radical (unpaired) electrons. The second kappa shape index (κ2) is 8.75. The first-order valence-corrected chi connectivity index (χ1v) is 10.2. The van der Waals surface area contributed by atoms with Crippen LogP contribution in [0.15, 0.2) is 46.4 Å². The van der Waals surface area contributed by atoms with Crippen molar-refractivity contribution in [2.75, 3.05) is 11.5 Å². The molecule has 1 fully saturated rings. The van der Waals surface area contributed by atoms with Gasteiger partial charge in [-0.15, -0.1) is 0 Å². The van der Waals surface area contributed by atoms with Gasteiger partial charge in [0.15, 0.2) is 16.6 Å². The van der Waals surface area contributed by atoms with Gasteiger partial charge in [0, 0.05) is 4.47 Å². The standard InChI is InChI=1S/C21H19BrN2O4S/c1-3-12-5-7-14(8-6-12)24-20(27)15(19(26)23-21(24)29)9-13-10-18(28-4-2)17(25)11-16(13)22/h5-11,25H,3-4H2,1-2H3,(H,23,26,29). The molecule has 1 aliphatic rings. The third-order valence-electron chi connectivity index (χ3n) is 4.38. The highest BCUT2D eigenvalue weighted by Crippen LogP contribution is 2.34. The van der Waals surface area contributed by atoms with E-state index in [1.165, 1.54) is 17.0 Å². The van der Waals surface area contributed by atoms with Crippen LogP contribution in [-0.2, 0) is 16.0 Å². The first-order chi connectivity index (χ1) is 13.8. The van der Waals surface area contributed by atoms with Gasteiger partial charge in [0.2, 0.25) is 0 Å². The number of carbonyl (C=O) groups excluding carboxylic acids is 2. The van der Waals surface area contributed by atoms with Crippen LogP contribution in [0, 0.1) is 0 Å². The van der Waals surface area contributed by atoms with Crippen LogP contribution in [0.25, 0.3) is 6.08 Å². The molecule has 0 saturated carbocycles. The number of thiocarbonyl (C=S) groups is 1. The van der Waals surface area contributed by atoms with E-state index in [1.807, 2.05) is 19.1 Å². The van der Waals surface area contributed by atoms with Crippen LogP contribution < -0.4 is 15.0 Å². The highest BCUT2D eigenvalue weighted by molar-refractivity contribution is 9.10. The molecule has 8 heteroatoms. The Kier molecular flexibility index (Phi) is 6.34. The molecule has 0 atom stereocenters. The number of benzene rings is 2. The summed E-state index contributed by atoms with van der Waals surface area (Å²) >= 11 is 8.57. The lowest BCUT2D eigenvalue weighted by atomic mass is 10.1. The Morgan fingerprint density at radius 3 is 2.52 bits per heavy atom. The van der Waals surface area contributed by atoms with E-state index in [-0.39, 0.29) is 22.2 Å². The van der Waals surface area contributed by atoms with Gasteiger partial charge in [-0.25, -0.2) is 0 Å². The van der Waals surface area contributed by atoms with Gasteiger partial charge >= 0.3 is 0 Å². The molecule has 3 rings (SSSR count). The number of nitrogens with one attached hydrogen (secondary N) is 1. The summed E-state index contributed by atoms with van der Waals surface area (Å²) in [6, 6.07) is 10.4. The summed E-state index contributed by atoms with van der Waals surface area (Å²) < 4.78 is 5.90. The van der Waals surface area contributed by atoms with E-state index < -0.39 is 11.8 Å². The van der Waals surface area contributed by atoms with Gasteiger partial charge in [0.05, 0.1) is 12.3 Å². The average molecular weight is 475 g/mol. The Hall–Kier alpha value is -2.71. The average Bonchev–Trinajstić information content (AvgIpc) is 2.68. The van der Waals surface area contributed by atoms with E-state index >= 15 is 0 Å². The maximum absolute atomic E-state index is 13.1. The van der Waals surface area contributed by atoms with Crippen LogP contribution >= 0.6 is 28.1 Å². The zero-order chi connectivity index (χ0) is 21.1. The minimum atomic E-state index is -0.584. The van der Waals surface area contributed by atoms with E-state index in [4.69, 9.17) is 17.0 Å². The zero-order valence-corrected chi connectivity index (χ0v) is 18.3. The Morgan fingerprint density at radius 1 is 1.21 bits per heavy atom. The number of anilines is 1. The van der Waals surface area contributed by atoms with E-state index in [1.54, 1.807) is 25.1 Å². The van der Waals surface area contributed by atoms with Crippen molar-refractivity contribution in [2.24, 2.45) is 0 Å². The molecule has 6 nitrogen and oxygen atoms in total. The highest BCUT2D eigenvalue weighted by atomic mass is 79.9. The number of amides is 2. The van der Waals surface area contributed by atoms with E-state index in [0.29, 0.717) is 22.3 Å². The maximum Gasteiger partial charge on any atom is 0.270 e. The zero-order valence-electron chi connectivity index (χ0n) is 15.9. The number of ether oxygens (including phenoxy) is 1. The number of aryl methyl sites for hydroxylation is 1. The second-order valence-electron chi connectivity index (χ2n) is 6.25. The quantitative estimate of drug-likeness (QED) is 0.389. The first-order valence-electron chi connectivity index (χ1n) is 9.01. The number of phenols is 1. The third kappa shape index (κ3) is 4.33. The lowest BCUT2D eigenvalue weighted by Crippen LogP contribution is -2.54. The topological polar surface area (TPSA) is 78.9 Å². The predicted molar refractivity (Wildman–Crippen MR) is 119 cm³/mol. The van der Waals surface area contributed by atoms with Crippen LogP contribution in [0.2, 0.25) is 0 Å². The van der Waals surface area contributed by atoms with Crippen LogP contribution in [0.3, 0.4) is 0 Å². The van der Waals surface area contributed by atoms with Gasteiger partial charge in [0.1, 0.15) is 5.57 Å². The fourth-order valence-corrected chi connectivity index (χ4v) is 3.60. The normalized spacial score (nSPS) is 15.6. The number of aromatic hydroxyl groups is 1. The molecular formula is C21H19BrN2O4S. The minimum absolute atomic E-state index is 0.0289. The molecule has 0 aromatic heterocycles. The van der Waals surface area contributed by atoms with Gasteiger partial charge in [-0.1, -0.05) is 35.0 Å². The third-order valence-corrected chi connectivity index (χ3v) is 5.35. The van der Waals surface area contributed by atoms with Crippen molar-refractivity contribution in [1.29, 1.82) is 0 Å². The Balaban J connectivity index is 2.02. The summed E-state index contributed by atoms with van der Waals surface area (Å²) in [6.07, 6.45) is 2.32. The number of nitrogens with zero attached hydrogens (tertiary/aromatic N) is 1. The highest BCUT2D eigenvalue weighted by Gasteiger charge is 2.34. The van der Waals surface area contributed by atoms with Crippen molar-refractivity contribution in [3.63, 3.8) is 0 Å². The van der Waals surface area contributed by atoms with Gasteiger partial charge in [-0.3, -0.25) is 19.8 Å². The van der Waals surface area contributed by atoms with Gasteiger partial charge in [-0.2, -0.15) is 0 Å². The Morgan fingerprint density at radius 2 is 1.90 bits per heavy atom. The molecule has 0 bridgehead atoms. The van der Waals surface area contributed by atoms with E-state index in [0.717, 1.165) is 12.0 Å². The van der Waals surface area contributed by atoms with Crippen LogP contribution in [-0.4, -0.2) is 28.6 Å². The predicted octanol–water partition coefficient (Wildman–Crippen LogP) is 3.95. The SMILES string of the molecule is CCOc1cc(C=C2C(=O)NC(=S)N(c3ccc(CC)cc3)C2=O)c(Br)cc1O. The molecule has 2 aromatic carbocycles. The summed E-state index contributed by atoms with van der Waals surface area (Å²) in [5.41, 5.74) is 2.13. The summed E-state index contributed by atoms with van der Waals surface area (Å²) in [5, 5.41) is 12.6. The first kappa shape index (κ1) is 21.0. The molecule has 0 spiro atoms. The summed E-state index contributed by atoms with van der Waals surface area (Å²) in [6.45, 7) is 4.19. The van der Waals surface area contributed by atoms with E-state index in [9.17, 15) is 14.7 Å². The van der Waals surface area contributed by atoms with Gasteiger partial charge in [0.25, 0.3) is 11.8 Å². The van der Waals surface area contributed by atoms with Crippen LogP contribution in [0.5, 0.6) is 11.5 Å². The second-order valence-corrected chi connectivity index (χ2v) is 7.49. The molecule has 0 aliphatic carbocycles. The largest absolute Gasteiger partial charge is 0.504 e.